The molecule has 1 N–H and O–H groups in total. The van der Waals surface area contributed by atoms with Gasteiger partial charge in [-0.3, -0.25) is 10.1 Å². The fourth-order valence-electron chi connectivity index (χ4n) is 2.28. The second-order valence-corrected chi connectivity index (χ2v) is 6.27. The quantitative estimate of drug-likeness (QED) is 0.769. The van der Waals surface area contributed by atoms with E-state index in [-0.39, 0.29) is 5.91 Å². The predicted molar refractivity (Wildman–Crippen MR) is 90.1 cm³/mol. The summed E-state index contributed by atoms with van der Waals surface area (Å²) in [5.74, 6) is -0.738. The summed E-state index contributed by atoms with van der Waals surface area (Å²) in [7, 11) is 0. The van der Waals surface area contributed by atoms with Gasteiger partial charge in [-0.15, -0.1) is 10.2 Å². The lowest BCUT2D eigenvalue weighted by Gasteiger charge is -2.06. The molecule has 0 atom stereocenters. The zero-order valence-corrected chi connectivity index (χ0v) is 14.1. The third-order valence-electron chi connectivity index (χ3n) is 3.49. The maximum absolute atomic E-state index is 13.9. The zero-order chi connectivity index (χ0) is 17.1. The van der Waals surface area contributed by atoms with Gasteiger partial charge in [0, 0.05) is 6.42 Å². The Kier molecular flexibility index (Phi) is 4.66. The second kappa shape index (κ2) is 6.88. The van der Waals surface area contributed by atoms with Crippen molar-refractivity contribution in [1.29, 1.82) is 0 Å². The van der Waals surface area contributed by atoms with Gasteiger partial charge in [0.05, 0.1) is 17.5 Å². The summed E-state index contributed by atoms with van der Waals surface area (Å²) in [6.45, 7) is 3.77. The maximum atomic E-state index is 13.9. The molecule has 124 valence electrons. The monoisotopic (exact) mass is 345 g/mol. The summed E-state index contributed by atoms with van der Waals surface area (Å²) in [6, 6.07) is 6.29. The van der Waals surface area contributed by atoms with Crippen molar-refractivity contribution in [2.75, 3.05) is 5.32 Å². The standard InChI is InChI=1S/C16H16FN5OS/c1-3-6-14-20-21-16(24-14)19-15(23)11-9-18-22(10(11)2)13-8-5-4-7-12(13)17/h4-5,7-9H,3,6H2,1-2H3,(H,19,21,23). The SMILES string of the molecule is CCCc1nnc(NC(=O)c2cnn(-c3ccccc3F)c2C)s1. The Morgan fingerprint density at radius 2 is 2.12 bits per heavy atom. The lowest BCUT2D eigenvalue weighted by atomic mass is 10.2. The van der Waals surface area contributed by atoms with Crippen LogP contribution in [-0.2, 0) is 6.42 Å². The molecule has 0 saturated carbocycles. The van der Waals surface area contributed by atoms with Crippen molar-refractivity contribution in [2.24, 2.45) is 0 Å². The number of rotatable bonds is 5. The van der Waals surface area contributed by atoms with Gasteiger partial charge < -0.3 is 0 Å². The molecule has 2 heterocycles. The van der Waals surface area contributed by atoms with Crippen LogP contribution in [0.5, 0.6) is 0 Å². The van der Waals surface area contributed by atoms with Crippen LogP contribution in [0.15, 0.2) is 30.5 Å². The summed E-state index contributed by atoms with van der Waals surface area (Å²) in [5, 5.41) is 16.2. The molecule has 1 aromatic carbocycles. The lowest BCUT2D eigenvalue weighted by Crippen LogP contribution is -2.13. The molecule has 0 bridgehead atoms. The van der Waals surface area contributed by atoms with Gasteiger partial charge in [-0.1, -0.05) is 30.4 Å². The highest BCUT2D eigenvalue weighted by molar-refractivity contribution is 7.15. The Labute approximate surface area is 142 Å². The van der Waals surface area contributed by atoms with Gasteiger partial charge in [0.2, 0.25) is 5.13 Å². The highest BCUT2D eigenvalue weighted by Crippen LogP contribution is 2.20. The molecular weight excluding hydrogens is 329 g/mol. The topological polar surface area (TPSA) is 72.7 Å². The Morgan fingerprint density at radius 1 is 1.33 bits per heavy atom. The molecule has 0 aliphatic heterocycles. The first-order valence-electron chi connectivity index (χ1n) is 7.53. The van der Waals surface area contributed by atoms with E-state index in [0.29, 0.717) is 22.1 Å². The molecule has 1 amide bonds. The van der Waals surface area contributed by atoms with Crippen molar-refractivity contribution in [2.45, 2.75) is 26.7 Å². The number of benzene rings is 1. The van der Waals surface area contributed by atoms with E-state index in [0.717, 1.165) is 17.8 Å². The molecule has 0 unspecified atom stereocenters. The minimum Gasteiger partial charge on any atom is -0.296 e. The van der Waals surface area contributed by atoms with Gasteiger partial charge >= 0.3 is 0 Å². The molecule has 0 spiro atoms. The van der Waals surface area contributed by atoms with Crippen LogP contribution >= 0.6 is 11.3 Å². The summed E-state index contributed by atoms with van der Waals surface area (Å²) in [6.07, 6.45) is 3.22. The van der Waals surface area contributed by atoms with Crippen molar-refractivity contribution in [3.63, 3.8) is 0 Å². The summed E-state index contributed by atoms with van der Waals surface area (Å²) in [5.41, 5.74) is 1.22. The number of carbonyl (C=O) groups excluding carboxylic acids is 1. The number of aromatic nitrogens is 4. The maximum Gasteiger partial charge on any atom is 0.260 e. The van der Waals surface area contributed by atoms with Crippen LogP contribution in [0.4, 0.5) is 9.52 Å². The number of aryl methyl sites for hydroxylation is 1. The van der Waals surface area contributed by atoms with E-state index in [1.54, 1.807) is 25.1 Å². The normalized spacial score (nSPS) is 10.8. The molecule has 0 radical (unpaired) electrons. The van der Waals surface area contributed by atoms with Gasteiger partial charge in [-0.05, 0) is 25.5 Å². The smallest absolute Gasteiger partial charge is 0.260 e. The lowest BCUT2D eigenvalue weighted by molar-refractivity contribution is 0.102. The Morgan fingerprint density at radius 3 is 2.88 bits per heavy atom. The first-order chi connectivity index (χ1) is 11.6. The number of carbonyl (C=O) groups is 1. The fourth-order valence-corrected chi connectivity index (χ4v) is 3.12. The zero-order valence-electron chi connectivity index (χ0n) is 13.3. The molecule has 6 nitrogen and oxygen atoms in total. The van der Waals surface area contributed by atoms with Crippen molar-refractivity contribution < 1.29 is 9.18 Å². The van der Waals surface area contributed by atoms with Crippen molar-refractivity contribution >= 4 is 22.4 Å². The van der Waals surface area contributed by atoms with Gasteiger partial charge in [-0.2, -0.15) is 5.10 Å². The molecule has 0 fully saturated rings. The van der Waals surface area contributed by atoms with Gasteiger partial charge in [0.25, 0.3) is 5.91 Å². The minimum atomic E-state index is -0.399. The molecule has 0 aliphatic rings. The molecule has 0 saturated heterocycles. The largest absolute Gasteiger partial charge is 0.296 e. The van der Waals surface area contributed by atoms with Crippen LogP contribution in [0.25, 0.3) is 5.69 Å². The second-order valence-electron chi connectivity index (χ2n) is 5.21. The Hall–Kier alpha value is -2.61. The van der Waals surface area contributed by atoms with Crippen molar-refractivity contribution in [3.05, 3.63) is 52.5 Å². The van der Waals surface area contributed by atoms with Crippen LogP contribution in [0.1, 0.15) is 34.4 Å². The number of nitrogens with one attached hydrogen (secondary N) is 1. The first kappa shape index (κ1) is 16.3. The van der Waals surface area contributed by atoms with Gasteiger partial charge in [0.15, 0.2) is 0 Å². The number of halogens is 1. The van der Waals surface area contributed by atoms with Crippen LogP contribution < -0.4 is 5.32 Å². The summed E-state index contributed by atoms with van der Waals surface area (Å²) in [4.78, 5) is 12.4. The number of nitrogens with zero attached hydrogens (tertiary/aromatic N) is 4. The number of hydrogen-bond donors (Lipinski definition) is 1. The van der Waals surface area contributed by atoms with E-state index >= 15 is 0 Å². The molecule has 3 aromatic rings. The third kappa shape index (κ3) is 3.18. The highest BCUT2D eigenvalue weighted by Gasteiger charge is 2.18. The first-order valence-corrected chi connectivity index (χ1v) is 8.35. The molecule has 8 heteroatoms. The van der Waals surface area contributed by atoms with Crippen LogP contribution in [0.3, 0.4) is 0 Å². The molecule has 0 aliphatic carbocycles. The van der Waals surface area contributed by atoms with Crippen LogP contribution in [-0.4, -0.2) is 25.9 Å². The summed E-state index contributed by atoms with van der Waals surface area (Å²) < 4.78 is 15.3. The number of para-hydroxylation sites is 1. The van der Waals surface area contributed by atoms with Crippen LogP contribution in [0, 0.1) is 12.7 Å². The van der Waals surface area contributed by atoms with E-state index in [1.165, 1.54) is 28.3 Å². The van der Waals surface area contributed by atoms with Crippen molar-refractivity contribution in [1.82, 2.24) is 20.0 Å². The number of anilines is 1. The molecule has 3 rings (SSSR count). The number of hydrogen-bond acceptors (Lipinski definition) is 5. The number of amides is 1. The molecular formula is C16H16FN5OS. The minimum absolute atomic E-state index is 0.301. The van der Waals surface area contributed by atoms with E-state index < -0.39 is 5.82 Å². The molecule has 24 heavy (non-hydrogen) atoms. The van der Waals surface area contributed by atoms with E-state index in [4.69, 9.17) is 0 Å². The van der Waals surface area contributed by atoms with Crippen LogP contribution in [0.2, 0.25) is 0 Å². The third-order valence-corrected chi connectivity index (χ3v) is 4.38. The van der Waals surface area contributed by atoms with E-state index in [2.05, 4.69) is 27.5 Å². The Balaban J connectivity index is 1.82. The average Bonchev–Trinajstić information content (AvgIpc) is 3.15. The molecule has 2 aromatic heterocycles. The van der Waals surface area contributed by atoms with Crippen molar-refractivity contribution in [3.8, 4) is 5.69 Å². The average molecular weight is 345 g/mol. The van der Waals surface area contributed by atoms with Gasteiger partial charge in [-0.25, -0.2) is 9.07 Å². The van der Waals surface area contributed by atoms with Gasteiger partial charge in [0.1, 0.15) is 16.5 Å². The summed E-state index contributed by atoms with van der Waals surface area (Å²) >= 11 is 1.35. The van der Waals surface area contributed by atoms with E-state index in [9.17, 15) is 9.18 Å². The highest BCUT2D eigenvalue weighted by atomic mass is 32.1. The predicted octanol–water partition coefficient (Wildman–Crippen LogP) is 3.38. The van der Waals surface area contributed by atoms with E-state index in [1.807, 2.05) is 0 Å². The fraction of sp³-hybridized carbons (Fsp3) is 0.250. The Bertz CT molecular complexity index is 873.